The van der Waals surface area contributed by atoms with Crippen LogP contribution < -0.4 is 10.6 Å². The van der Waals surface area contributed by atoms with Gasteiger partial charge in [0.25, 0.3) is 0 Å². The van der Waals surface area contributed by atoms with Crippen LogP contribution in [0.25, 0.3) is 10.9 Å². The van der Waals surface area contributed by atoms with E-state index in [4.69, 9.17) is 5.73 Å². The summed E-state index contributed by atoms with van der Waals surface area (Å²) in [5, 5.41) is 1.01. The standard InChI is InChI=1S/C22H20N4/c23-22-24-20-14-8-7-13-19(20)21(25-22)26(15-17-9-3-1-4-10-17)16-18-11-5-2-6-12-18/h1-14H,15-16H2,(H2,23,24,25). The van der Waals surface area contributed by atoms with Crippen LogP contribution in [0.5, 0.6) is 0 Å². The molecule has 0 aliphatic rings. The van der Waals surface area contributed by atoms with Crippen molar-refractivity contribution in [1.82, 2.24) is 9.97 Å². The molecule has 0 radical (unpaired) electrons. The number of para-hydroxylation sites is 1. The third-order valence-electron chi connectivity index (χ3n) is 4.33. The fourth-order valence-corrected chi connectivity index (χ4v) is 3.13. The van der Waals surface area contributed by atoms with Gasteiger partial charge in [-0.2, -0.15) is 4.98 Å². The molecule has 0 aliphatic carbocycles. The minimum atomic E-state index is 0.296. The van der Waals surface area contributed by atoms with Crippen LogP contribution in [0.4, 0.5) is 11.8 Å². The monoisotopic (exact) mass is 340 g/mol. The van der Waals surface area contributed by atoms with Gasteiger partial charge in [-0.05, 0) is 23.3 Å². The first-order valence-electron chi connectivity index (χ1n) is 8.64. The Bertz CT molecular complexity index is 959. The maximum absolute atomic E-state index is 6.00. The predicted octanol–water partition coefficient (Wildman–Crippen LogP) is 4.42. The van der Waals surface area contributed by atoms with Gasteiger partial charge >= 0.3 is 0 Å². The maximum atomic E-state index is 6.00. The molecule has 0 aliphatic heterocycles. The smallest absolute Gasteiger partial charge is 0.222 e. The number of anilines is 2. The molecule has 0 atom stereocenters. The Balaban J connectivity index is 1.79. The third kappa shape index (κ3) is 3.49. The lowest BCUT2D eigenvalue weighted by Gasteiger charge is -2.25. The molecule has 3 aromatic carbocycles. The van der Waals surface area contributed by atoms with E-state index in [9.17, 15) is 0 Å². The van der Waals surface area contributed by atoms with Crippen LogP contribution in [0.15, 0.2) is 84.9 Å². The normalized spacial score (nSPS) is 10.8. The molecule has 0 amide bonds. The molecule has 26 heavy (non-hydrogen) atoms. The number of hydrogen-bond donors (Lipinski definition) is 1. The zero-order chi connectivity index (χ0) is 17.8. The number of aromatic nitrogens is 2. The topological polar surface area (TPSA) is 55.0 Å². The fraction of sp³-hybridized carbons (Fsp3) is 0.0909. The first kappa shape index (κ1) is 16.1. The maximum Gasteiger partial charge on any atom is 0.222 e. The summed E-state index contributed by atoms with van der Waals surface area (Å²) < 4.78 is 0. The number of rotatable bonds is 5. The minimum Gasteiger partial charge on any atom is -0.368 e. The van der Waals surface area contributed by atoms with E-state index in [2.05, 4.69) is 63.4 Å². The number of benzene rings is 3. The molecule has 2 N–H and O–H groups in total. The van der Waals surface area contributed by atoms with Gasteiger partial charge in [0.2, 0.25) is 5.95 Å². The second-order valence-corrected chi connectivity index (χ2v) is 6.25. The Labute approximate surface area is 152 Å². The molecule has 4 nitrogen and oxygen atoms in total. The Morgan fingerprint density at radius 1 is 0.654 bits per heavy atom. The van der Waals surface area contributed by atoms with Crippen LogP contribution in [-0.4, -0.2) is 9.97 Å². The molecular weight excluding hydrogens is 320 g/mol. The molecule has 4 heteroatoms. The van der Waals surface area contributed by atoms with Crippen LogP contribution >= 0.6 is 0 Å². The fourth-order valence-electron chi connectivity index (χ4n) is 3.13. The molecule has 4 aromatic rings. The molecule has 0 saturated heterocycles. The molecule has 0 bridgehead atoms. The van der Waals surface area contributed by atoms with Crippen LogP contribution in [0.2, 0.25) is 0 Å². The Morgan fingerprint density at radius 2 is 1.19 bits per heavy atom. The molecule has 0 fully saturated rings. The first-order chi connectivity index (χ1) is 12.8. The van der Waals surface area contributed by atoms with Crippen LogP contribution in [-0.2, 0) is 13.1 Å². The van der Waals surface area contributed by atoms with Gasteiger partial charge in [-0.25, -0.2) is 4.98 Å². The van der Waals surface area contributed by atoms with E-state index in [1.54, 1.807) is 0 Å². The zero-order valence-corrected chi connectivity index (χ0v) is 14.4. The number of fused-ring (bicyclic) bond motifs is 1. The van der Waals surface area contributed by atoms with Gasteiger partial charge in [-0.15, -0.1) is 0 Å². The Kier molecular flexibility index (Phi) is 4.48. The van der Waals surface area contributed by atoms with E-state index in [1.165, 1.54) is 11.1 Å². The highest BCUT2D eigenvalue weighted by Crippen LogP contribution is 2.27. The second kappa shape index (κ2) is 7.23. The molecular formula is C22H20N4. The van der Waals surface area contributed by atoms with E-state index in [-0.39, 0.29) is 0 Å². The SMILES string of the molecule is Nc1nc(N(Cc2ccccc2)Cc2ccccc2)c2ccccc2n1. The van der Waals surface area contributed by atoms with Crippen LogP contribution in [0, 0.1) is 0 Å². The highest BCUT2D eigenvalue weighted by atomic mass is 15.2. The Morgan fingerprint density at radius 3 is 1.81 bits per heavy atom. The van der Waals surface area contributed by atoms with Gasteiger partial charge < -0.3 is 10.6 Å². The van der Waals surface area contributed by atoms with E-state index < -0.39 is 0 Å². The average molecular weight is 340 g/mol. The van der Waals surface area contributed by atoms with Crippen molar-refractivity contribution in [3.05, 3.63) is 96.1 Å². The number of nitrogens with two attached hydrogens (primary N) is 1. The predicted molar refractivity (Wildman–Crippen MR) is 107 cm³/mol. The van der Waals surface area contributed by atoms with Gasteiger partial charge in [0.1, 0.15) is 5.82 Å². The van der Waals surface area contributed by atoms with Crippen molar-refractivity contribution in [2.24, 2.45) is 0 Å². The van der Waals surface area contributed by atoms with E-state index in [1.807, 2.05) is 36.4 Å². The summed E-state index contributed by atoms with van der Waals surface area (Å²) in [6.07, 6.45) is 0. The van der Waals surface area contributed by atoms with Gasteiger partial charge in [0, 0.05) is 18.5 Å². The van der Waals surface area contributed by atoms with E-state index >= 15 is 0 Å². The zero-order valence-electron chi connectivity index (χ0n) is 14.4. The highest BCUT2D eigenvalue weighted by molar-refractivity contribution is 5.90. The molecule has 4 rings (SSSR count). The molecule has 0 spiro atoms. The lowest BCUT2D eigenvalue weighted by molar-refractivity contribution is 0.787. The summed E-state index contributed by atoms with van der Waals surface area (Å²) in [5.74, 6) is 1.16. The van der Waals surface area contributed by atoms with Gasteiger partial charge in [0.15, 0.2) is 0 Å². The van der Waals surface area contributed by atoms with E-state index in [0.29, 0.717) is 5.95 Å². The molecule has 128 valence electrons. The minimum absolute atomic E-state index is 0.296. The quantitative estimate of drug-likeness (QED) is 0.584. The van der Waals surface area contributed by atoms with Crippen LogP contribution in [0.1, 0.15) is 11.1 Å². The van der Waals surface area contributed by atoms with Crippen molar-refractivity contribution in [2.75, 3.05) is 10.6 Å². The average Bonchev–Trinajstić information content (AvgIpc) is 2.68. The van der Waals surface area contributed by atoms with Gasteiger partial charge in [0.05, 0.1) is 5.52 Å². The van der Waals surface area contributed by atoms with Gasteiger partial charge in [-0.1, -0.05) is 72.8 Å². The van der Waals surface area contributed by atoms with Crippen molar-refractivity contribution in [3.8, 4) is 0 Å². The highest BCUT2D eigenvalue weighted by Gasteiger charge is 2.15. The number of nitrogens with zero attached hydrogens (tertiary/aromatic N) is 3. The van der Waals surface area contributed by atoms with Crippen molar-refractivity contribution >= 4 is 22.7 Å². The molecule has 0 saturated carbocycles. The lowest BCUT2D eigenvalue weighted by Crippen LogP contribution is -2.24. The summed E-state index contributed by atoms with van der Waals surface area (Å²) in [6.45, 7) is 1.49. The van der Waals surface area contributed by atoms with Crippen molar-refractivity contribution in [1.29, 1.82) is 0 Å². The van der Waals surface area contributed by atoms with Gasteiger partial charge in [-0.3, -0.25) is 0 Å². The number of hydrogen-bond acceptors (Lipinski definition) is 4. The summed E-state index contributed by atoms with van der Waals surface area (Å²) in [4.78, 5) is 11.2. The number of nitrogen functional groups attached to an aromatic ring is 1. The second-order valence-electron chi connectivity index (χ2n) is 6.25. The third-order valence-corrected chi connectivity index (χ3v) is 4.33. The molecule has 0 unspecified atom stereocenters. The summed E-state index contributed by atoms with van der Waals surface area (Å²) in [6, 6.07) is 28.8. The first-order valence-corrected chi connectivity index (χ1v) is 8.64. The Hall–Kier alpha value is -3.40. The summed E-state index contributed by atoms with van der Waals surface area (Å²) in [7, 11) is 0. The van der Waals surface area contributed by atoms with Crippen molar-refractivity contribution < 1.29 is 0 Å². The van der Waals surface area contributed by atoms with E-state index in [0.717, 1.165) is 29.8 Å². The van der Waals surface area contributed by atoms with Crippen LogP contribution in [0.3, 0.4) is 0 Å². The summed E-state index contributed by atoms with van der Waals surface area (Å²) in [5.41, 5.74) is 9.32. The lowest BCUT2D eigenvalue weighted by atomic mass is 10.1. The molecule has 1 heterocycles. The van der Waals surface area contributed by atoms with Crippen molar-refractivity contribution in [3.63, 3.8) is 0 Å². The summed E-state index contributed by atoms with van der Waals surface area (Å²) >= 11 is 0. The van der Waals surface area contributed by atoms with Crippen molar-refractivity contribution in [2.45, 2.75) is 13.1 Å². The largest absolute Gasteiger partial charge is 0.368 e. The molecule has 1 aromatic heterocycles.